The van der Waals surface area contributed by atoms with Crippen molar-refractivity contribution in [1.29, 1.82) is 0 Å². The summed E-state index contributed by atoms with van der Waals surface area (Å²) < 4.78 is 74.7. The fourth-order valence-corrected chi connectivity index (χ4v) is 2.08. The average molecular weight is 315 g/mol. The number of nitrogens with zero attached hydrogens (tertiary/aromatic N) is 1. The third-order valence-corrected chi connectivity index (χ3v) is 3.08. The van der Waals surface area contributed by atoms with Crippen LogP contribution >= 0.6 is 0 Å². The third kappa shape index (κ3) is 2.60. The maximum atomic E-state index is 12.5. The number of ketones is 1. The van der Waals surface area contributed by atoms with Crippen LogP contribution in [-0.4, -0.2) is 33.3 Å². The smallest absolute Gasteiger partial charge is 0.386 e. The molecule has 0 radical (unpaired) electrons. The number of aliphatic hydroxyl groups is 2. The summed E-state index contributed by atoms with van der Waals surface area (Å²) in [4.78, 5) is 14.7. The average Bonchev–Trinajstić information content (AvgIpc) is 2.58. The predicted octanol–water partition coefficient (Wildman–Crippen LogP) is 1.87. The highest BCUT2D eigenvalue weighted by Gasteiger charge is 2.54. The van der Waals surface area contributed by atoms with Gasteiger partial charge in [-0.15, -0.1) is 0 Å². The molecule has 0 fully saturated rings. The zero-order chi connectivity index (χ0) is 16.2. The van der Waals surface area contributed by atoms with E-state index in [0.29, 0.717) is 12.1 Å². The molecule has 10 heteroatoms. The highest BCUT2D eigenvalue weighted by atomic mass is 19.4. The summed E-state index contributed by atoms with van der Waals surface area (Å²) >= 11 is 0. The van der Waals surface area contributed by atoms with E-state index in [0.717, 1.165) is 0 Å². The molecule has 3 unspecified atom stereocenters. The summed E-state index contributed by atoms with van der Waals surface area (Å²) in [6.07, 6.45) is -15.5. The van der Waals surface area contributed by atoms with Gasteiger partial charge in [0.15, 0.2) is 11.9 Å². The number of alkyl halides is 6. The number of fused-ring (bicyclic) bond motifs is 1. The molecule has 0 saturated carbocycles. The molecule has 116 valence electrons. The van der Waals surface area contributed by atoms with Crippen LogP contribution in [0.4, 0.5) is 26.3 Å². The van der Waals surface area contributed by atoms with E-state index in [1.165, 1.54) is 0 Å². The first kappa shape index (κ1) is 15.7. The highest BCUT2D eigenvalue weighted by molar-refractivity contribution is 6.02. The Balaban J connectivity index is 2.45. The fraction of sp³-hybridized carbons (Fsp3) is 0.455. The van der Waals surface area contributed by atoms with Crippen LogP contribution in [0, 0.1) is 5.92 Å². The summed E-state index contributed by atoms with van der Waals surface area (Å²) in [6.45, 7) is 0. The molecule has 2 rings (SSSR count). The van der Waals surface area contributed by atoms with Crippen LogP contribution in [0.15, 0.2) is 12.1 Å². The number of aliphatic hydroxyl groups excluding tert-OH is 2. The van der Waals surface area contributed by atoms with Gasteiger partial charge in [-0.2, -0.15) is 26.3 Å². The van der Waals surface area contributed by atoms with Crippen LogP contribution in [0.2, 0.25) is 0 Å². The summed E-state index contributed by atoms with van der Waals surface area (Å²) in [7, 11) is 0. The Morgan fingerprint density at radius 3 is 2.19 bits per heavy atom. The van der Waals surface area contributed by atoms with E-state index in [4.69, 9.17) is 5.11 Å². The topological polar surface area (TPSA) is 70.4 Å². The largest absolute Gasteiger partial charge is 0.433 e. The second kappa shape index (κ2) is 4.67. The molecule has 0 saturated heterocycles. The van der Waals surface area contributed by atoms with E-state index < -0.39 is 53.2 Å². The van der Waals surface area contributed by atoms with Gasteiger partial charge in [0.05, 0.1) is 11.6 Å². The first-order valence-corrected chi connectivity index (χ1v) is 5.50. The zero-order valence-corrected chi connectivity index (χ0v) is 9.90. The highest BCUT2D eigenvalue weighted by Crippen LogP contribution is 2.42. The molecule has 1 aromatic heterocycles. The first-order chi connectivity index (χ1) is 9.44. The number of hydrogen-bond acceptors (Lipinski definition) is 4. The fourth-order valence-electron chi connectivity index (χ4n) is 2.08. The molecule has 21 heavy (non-hydrogen) atoms. The van der Waals surface area contributed by atoms with Gasteiger partial charge < -0.3 is 10.2 Å². The van der Waals surface area contributed by atoms with Crippen LogP contribution in [0.25, 0.3) is 0 Å². The lowest BCUT2D eigenvalue weighted by Gasteiger charge is -2.22. The quantitative estimate of drug-likeness (QED) is 0.776. The zero-order valence-electron chi connectivity index (χ0n) is 9.90. The summed E-state index contributed by atoms with van der Waals surface area (Å²) in [5.41, 5.74) is -2.83. The van der Waals surface area contributed by atoms with Gasteiger partial charge in [0, 0.05) is 5.56 Å². The van der Waals surface area contributed by atoms with Crippen molar-refractivity contribution >= 4 is 5.78 Å². The van der Waals surface area contributed by atoms with E-state index in [1.807, 2.05) is 0 Å². The molecule has 0 amide bonds. The number of carbonyl (C=O) groups excluding carboxylic acids is 1. The molecule has 0 bridgehead atoms. The maximum Gasteiger partial charge on any atom is 0.433 e. The van der Waals surface area contributed by atoms with Gasteiger partial charge in [-0.1, -0.05) is 0 Å². The Morgan fingerprint density at radius 2 is 1.71 bits per heavy atom. The Bertz CT molecular complexity index is 582. The number of hydrogen-bond donors (Lipinski definition) is 2. The van der Waals surface area contributed by atoms with Crippen molar-refractivity contribution in [2.75, 3.05) is 0 Å². The molecular formula is C11H7F6NO3. The van der Waals surface area contributed by atoms with E-state index in [9.17, 15) is 36.2 Å². The van der Waals surface area contributed by atoms with Crippen molar-refractivity contribution in [2.45, 2.75) is 24.6 Å². The van der Waals surface area contributed by atoms with Crippen molar-refractivity contribution in [3.05, 3.63) is 29.1 Å². The lowest BCUT2D eigenvalue weighted by Crippen LogP contribution is -2.40. The van der Waals surface area contributed by atoms with Gasteiger partial charge in [-0.3, -0.25) is 4.79 Å². The summed E-state index contributed by atoms with van der Waals surface area (Å²) in [5.74, 6) is -3.63. The number of rotatable bonds is 1. The predicted molar refractivity (Wildman–Crippen MR) is 54.1 cm³/mol. The molecule has 0 aliphatic heterocycles. The molecule has 1 aliphatic carbocycles. The number of carbonyl (C=O) groups is 1. The maximum absolute atomic E-state index is 12.5. The Morgan fingerprint density at radius 1 is 1.14 bits per heavy atom. The van der Waals surface area contributed by atoms with Gasteiger partial charge in [-0.05, 0) is 12.1 Å². The van der Waals surface area contributed by atoms with Crippen molar-refractivity contribution < 1.29 is 41.4 Å². The SMILES string of the molecule is O=C1c2ccc(C(F)(F)F)nc2C(O)C1C(O)C(F)(F)F. The van der Waals surface area contributed by atoms with Crippen LogP contribution in [0.1, 0.15) is 27.8 Å². The van der Waals surface area contributed by atoms with Crippen LogP contribution in [-0.2, 0) is 6.18 Å². The molecule has 4 nitrogen and oxygen atoms in total. The van der Waals surface area contributed by atoms with Gasteiger partial charge in [0.1, 0.15) is 11.8 Å². The van der Waals surface area contributed by atoms with Gasteiger partial charge in [0.2, 0.25) is 0 Å². The first-order valence-electron chi connectivity index (χ1n) is 5.50. The van der Waals surface area contributed by atoms with Crippen molar-refractivity contribution in [2.24, 2.45) is 5.92 Å². The minimum Gasteiger partial charge on any atom is -0.386 e. The van der Waals surface area contributed by atoms with E-state index in [1.54, 1.807) is 0 Å². The molecule has 1 aromatic rings. The van der Waals surface area contributed by atoms with Crippen molar-refractivity contribution in [3.8, 4) is 0 Å². The lowest BCUT2D eigenvalue weighted by molar-refractivity contribution is -0.221. The molecular weight excluding hydrogens is 308 g/mol. The Kier molecular flexibility index (Phi) is 3.49. The summed E-state index contributed by atoms with van der Waals surface area (Å²) in [6, 6.07) is 1.06. The Hall–Kier alpha value is -1.68. The molecule has 0 aromatic carbocycles. The minimum absolute atomic E-state index is 0.422. The molecule has 3 atom stereocenters. The molecule has 1 heterocycles. The Labute approximate surface area is 113 Å². The van der Waals surface area contributed by atoms with E-state index in [-0.39, 0.29) is 0 Å². The van der Waals surface area contributed by atoms with Crippen LogP contribution in [0.5, 0.6) is 0 Å². The standard InChI is InChI=1S/C11H7F6NO3/c12-10(13,14)4-2-1-3-6(18-4)8(20)5(7(3)19)9(21)11(15,16)17/h1-2,5,8-9,20-21H. The van der Waals surface area contributed by atoms with Gasteiger partial charge in [0.25, 0.3) is 0 Å². The lowest BCUT2D eigenvalue weighted by atomic mass is 9.96. The van der Waals surface area contributed by atoms with E-state index >= 15 is 0 Å². The van der Waals surface area contributed by atoms with E-state index in [2.05, 4.69) is 4.98 Å². The molecule has 2 N–H and O–H groups in total. The van der Waals surface area contributed by atoms with Crippen molar-refractivity contribution in [3.63, 3.8) is 0 Å². The second-order valence-corrected chi connectivity index (χ2v) is 4.45. The number of aromatic nitrogens is 1. The number of halogens is 6. The number of pyridine rings is 1. The molecule has 1 aliphatic rings. The van der Waals surface area contributed by atoms with Crippen molar-refractivity contribution in [1.82, 2.24) is 4.98 Å². The van der Waals surface area contributed by atoms with Crippen LogP contribution in [0.3, 0.4) is 0 Å². The third-order valence-electron chi connectivity index (χ3n) is 3.08. The van der Waals surface area contributed by atoms with Gasteiger partial charge >= 0.3 is 12.4 Å². The van der Waals surface area contributed by atoms with Gasteiger partial charge in [-0.25, -0.2) is 4.98 Å². The number of Topliss-reactive ketones (excluding diaryl/α,β-unsaturated/α-hetero) is 1. The second-order valence-electron chi connectivity index (χ2n) is 4.45. The summed E-state index contributed by atoms with van der Waals surface area (Å²) in [5, 5.41) is 18.7. The van der Waals surface area contributed by atoms with Crippen LogP contribution < -0.4 is 0 Å². The monoisotopic (exact) mass is 315 g/mol. The molecule has 0 spiro atoms. The minimum atomic E-state index is -5.20. The normalized spacial score (nSPS) is 24.1.